The Balaban J connectivity index is 0. The molecule has 0 rings (SSSR count). The summed E-state index contributed by atoms with van der Waals surface area (Å²) in [4.78, 5) is 47.6. The smallest absolute Gasteiger partial charge is 0.317 e. The molecule has 0 spiro atoms. The number of nitrogens with zero attached hydrogens (tertiary/aromatic N) is 3. The predicted molar refractivity (Wildman–Crippen MR) is 118 cm³/mol. The Hall–Kier alpha value is -2.04. The average molecular weight is 448 g/mol. The molecule has 0 saturated heterocycles. The van der Waals surface area contributed by atoms with Crippen molar-refractivity contribution in [3.63, 3.8) is 0 Å². The number of carboxylic acids is 3. The summed E-state index contributed by atoms with van der Waals surface area (Å²) in [5.41, 5.74) is 0. The van der Waals surface area contributed by atoms with Gasteiger partial charge in [0.2, 0.25) is 0 Å². The van der Waals surface area contributed by atoms with Crippen molar-refractivity contribution in [2.75, 3.05) is 58.9 Å². The van der Waals surface area contributed by atoms with E-state index in [1.54, 1.807) is 9.80 Å². The average Bonchev–Trinajstić information content (AvgIpc) is 2.69. The fourth-order valence-electron chi connectivity index (χ4n) is 2.85. The second-order valence-electron chi connectivity index (χ2n) is 7.29. The van der Waals surface area contributed by atoms with E-state index in [0.717, 1.165) is 32.0 Å². The second kappa shape index (κ2) is 21.2. The summed E-state index contributed by atoms with van der Waals surface area (Å²) in [5.74, 6) is -2.75. The van der Waals surface area contributed by atoms with Crippen molar-refractivity contribution < 1.29 is 34.5 Å². The van der Waals surface area contributed by atoms with Crippen LogP contribution in [0.3, 0.4) is 0 Å². The van der Waals surface area contributed by atoms with Crippen LogP contribution in [0.5, 0.6) is 0 Å². The number of carbonyl (C=O) groups is 4. The van der Waals surface area contributed by atoms with Gasteiger partial charge in [0.05, 0.1) is 19.6 Å². The third-order valence-corrected chi connectivity index (χ3v) is 4.33. The molecular weight excluding hydrogens is 406 g/mol. The third kappa shape index (κ3) is 22.5. The number of hydrogen-bond donors (Lipinski definition) is 3. The lowest BCUT2D eigenvalue weighted by Crippen LogP contribution is -2.44. The Morgan fingerprint density at radius 3 is 1.26 bits per heavy atom. The topological polar surface area (TPSA) is 139 Å². The van der Waals surface area contributed by atoms with E-state index in [2.05, 4.69) is 6.92 Å². The summed E-state index contributed by atoms with van der Waals surface area (Å²) in [6.07, 6.45) is 5.31. The molecule has 0 unspecified atom stereocenters. The van der Waals surface area contributed by atoms with Crippen LogP contribution < -0.4 is 0 Å². The van der Waals surface area contributed by atoms with Crippen molar-refractivity contribution in [1.82, 2.24) is 14.7 Å². The minimum absolute atomic E-state index is 0.0639. The third-order valence-electron chi connectivity index (χ3n) is 4.33. The molecule has 182 valence electrons. The number of aldehydes is 1. The molecular formula is C21H41N3O7. The van der Waals surface area contributed by atoms with Crippen molar-refractivity contribution in [2.24, 2.45) is 0 Å². The van der Waals surface area contributed by atoms with Crippen LogP contribution in [-0.4, -0.2) is 113 Å². The minimum atomic E-state index is -0.953. The maximum absolute atomic E-state index is 11.1. The first kappa shape index (κ1) is 31.1. The molecule has 0 fully saturated rings. The lowest BCUT2D eigenvalue weighted by atomic mass is 10.2. The van der Waals surface area contributed by atoms with Crippen molar-refractivity contribution >= 4 is 24.2 Å². The molecule has 0 bridgehead atoms. The van der Waals surface area contributed by atoms with Gasteiger partial charge in [-0.2, -0.15) is 0 Å². The lowest BCUT2D eigenvalue weighted by Gasteiger charge is -2.28. The highest BCUT2D eigenvalue weighted by Crippen LogP contribution is 2.01. The van der Waals surface area contributed by atoms with Gasteiger partial charge in [-0.05, 0) is 25.9 Å². The molecule has 10 nitrogen and oxygen atoms in total. The number of carbonyl (C=O) groups excluding carboxylic acids is 1. The van der Waals surface area contributed by atoms with Crippen molar-refractivity contribution in [2.45, 2.75) is 52.9 Å². The predicted octanol–water partition coefficient (Wildman–Crippen LogP) is 1.34. The molecule has 0 amide bonds. The SMILES string of the molecule is CCC=O.CCCCCN(CCN(CCN(CCC)CC(=O)O)CC(=O)O)CC(=O)O. The normalized spacial score (nSPS) is 10.8. The van der Waals surface area contributed by atoms with Gasteiger partial charge in [0.15, 0.2) is 0 Å². The largest absolute Gasteiger partial charge is 0.480 e. The van der Waals surface area contributed by atoms with E-state index in [1.165, 1.54) is 0 Å². The molecule has 31 heavy (non-hydrogen) atoms. The number of carboxylic acid groups (broad SMARTS) is 3. The molecule has 0 aliphatic heterocycles. The van der Waals surface area contributed by atoms with Crippen LogP contribution in [-0.2, 0) is 19.2 Å². The Morgan fingerprint density at radius 2 is 0.968 bits per heavy atom. The van der Waals surface area contributed by atoms with Crippen LogP contribution in [0.2, 0.25) is 0 Å². The standard InChI is InChI=1S/C18H35N3O6.C3H6O/c1-3-5-6-8-20(14-17(24)25)10-12-21(15-18(26)27)11-9-19(7-4-2)13-16(22)23;1-2-3-4/h3-15H2,1-2H3,(H,22,23)(H,24,25)(H,26,27);3H,2H2,1H3. The molecule has 0 atom stereocenters. The molecule has 0 aromatic carbocycles. The fourth-order valence-corrected chi connectivity index (χ4v) is 2.85. The summed E-state index contributed by atoms with van der Waals surface area (Å²) >= 11 is 0. The monoisotopic (exact) mass is 447 g/mol. The molecule has 0 aromatic heterocycles. The minimum Gasteiger partial charge on any atom is -0.480 e. The fraction of sp³-hybridized carbons (Fsp3) is 0.810. The van der Waals surface area contributed by atoms with Gasteiger partial charge < -0.3 is 20.1 Å². The maximum atomic E-state index is 11.1. The summed E-state index contributed by atoms with van der Waals surface area (Å²) in [5, 5.41) is 27.2. The highest BCUT2D eigenvalue weighted by atomic mass is 16.4. The van der Waals surface area contributed by atoms with Crippen LogP contribution in [0.15, 0.2) is 0 Å². The zero-order chi connectivity index (χ0) is 24.1. The van der Waals surface area contributed by atoms with Crippen LogP contribution >= 0.6 is 0 Å². The number of aliphatic carboxylic acids is 3. The molecule has 0 heterocycles. The molecule has 0 radical (unpaired) electrons. The Bertz CT molecular complexity index is 503. The van der Waals surface area contributed by atoms with Gasteiger partial charge in [0.25, 0.3) is 0 Å². The van der Waals surface area contributed by atoms with Gasteiger partial charge in [0.1, 0.15) is 6.29 Å². The van der Waals surface area contributed by atoms with Crippen LogP contribution in [0.4, 0.5) is 0 Å². The van der Waals surface area contributed by atoms with Gasteiger partial charge in [-0.25, -0.2) is 0 Å². The van der Waals surface area contributed by atoms with Gasteiger partial charge in [-0.3, -0.25) is 29.1 Å². The highest BCUT2D eigenvalue weighted by Gasteiger charge is 2.16. The van der Waals surface area contributed by atoms with E-state index < -0.39 is 17.9 Å². The van der Waals surface area contributed by atoms with Gasteiger partial charge in [0, 0.05) is 32.6 Å². The van der Waals surface area contributed by atoms with Crippen LogP contribution in [0.1, 0.15) is 52.9 Å². The quantitative estimate of drug-likeness (QED) is 0.196. The number of unbranched alkanes of at least 4 members (excludes halogenated alkanes) is 2. The van der Waals surface area contributed by atoms with Crippen molar-refractivity contribution in [3.8, 4) is 0 Å². The van der Waals surface area contributed by atoms with Gasteiger partial charge in [-0.15, -0.1) is 0 Å². The van der Waals surface area contributed by atoms with E-state index in [0.29, 0.717) is 45.7 Å². The van der Waals surface area contributed by atoms with Gasteiger partial charge in [-0.1, -0.05) is 33.6 Å². The molecule has 0 aromatic rings. The Labute approximate surface area is 185 Å². The molecule has 3 N–H and O–H groups in total. The first-order valence-corrected chi connectivity index (χ1v) is 11.0. The number of rotatable bonds is 19. The molecule has 0 aliphatic rings. The van der Waals surface area contributed by atoms with E-state index in [-0.39, 0.29) is 19.6 Å². The summed E-state index contributed by atoms with van der Waals surface area (Å²) in [7, 11) is 0. The van der Waals surface area contributed by atoms with E-state index in [9.17, 15) is 19.2 Å². The van der Waals surface area contributed by atoms with E-state index >= 15 is 0 Å². The lowest BCUT2D eigenvalue weighted by molar-refractivity contribution is -0.140. The second-order valence-corrected chi connectivity index (χ2v) is 7.29. The zero-order valence-electron chi connectivity index (χ0n) is 19.3. The first-order valence-electron chi connectivity index (χ1n) is 11.0. The summed E-state index contributed by atoms with van der Waals surface area (Å²) in [6, 6.07) is 0. The van der Waals surface area contributed by atoms with Crippen LogP contribution in [0.25, 0.3) is 0 Å². The first-order chi connectivity index (χ1) is 14.7. The summed E-state index contributed by atoms with van der Waals surface area (Å²) < 4.78 is 0. The molecule has 10 heteroatoms. The van der Waals surface area contributed by atoms with E-state index in [1.807, 2.05) is 18.7 Å². The number of hydrogen-bond acceptors (Lipinski definition) is 7. The Morgan fingerprint density at radius 1 is 0.613 bits per heavy atom. The maximum Gasteiger partial charge on any atom is 0.317 e. The zero-order valence-corrected chi connectivity index (χ0v) is 19.3. The van der Waals surface area contributed by atoms with Crippen LogP contribution in [0, 0.1) is 0 Å². The van der Waals surface area contributed by atoms with E-state index in [4.69, 9.17) is 15.3 Å². The van der Waals surface area contributed by atoms with Crippen molar-refractivity contribution in [1.29, 1.82) is 0 Å². The van der Waals surface area contributed by atoms with Crippen molar-refractivity contribution in [3.05, 3.63) is 0 Å². The van der Waals surface area contributed by atoms with Gasteiger partial charge >= 0.3 is 17.9 Å². The molecule has 0 aliphatic carbocycles. The molecule has 0 saturated carbocycles. The Kier molecular flexibility index (Phi) is 21.3. The highest BCUT2D eigenvalue weighted by molar-refractivity contribution is 5.69. The summed E-state index contributed by atoms with van der Waals surface area (Å²) in [6.45, 7) is 8.65.